The second-order valence-electron chi connectivity index (χ2n) is 6.79. The molecule has 21 heavy (non-hydrogen) atoms. The van der Waals surface area contributed by atoms with Gasteiger partial charge in [-0.05, 0) is 31.6 Å². The standard InChI is InChI=1S/C16H25N3O2/c1-18-9-13(8-17-18)10-19-6-7-20-15-5-4-14(19)16(15)21-11-12-2-3-12/h8-9,12,14-16H,2-7,10-11H2,1H3/t14-,15-,16-/m0/s1. The molecular weight excluding hydrogens is 266 g/mol. The molecule has 0 N–H and O–H groups in total. The molecule has 0 amide bonds. The van der Waals surface area contributed by atoms with Crippen LogP contribution in [-0.4, -0.2) is 52.7 Å². The monoisotopic (exact) mass is 291 g/mol. The summed E-state index contributed by atoms with van der Waals surface area (Å²) in [5.74, 6) is 0.819. The zero-order valence-corrected chi connectivity index (χ0v) is 12.8. The Morgan fingerprint density at radius 3 is 3.00 bits per heavy atom. The summed E-state index contributed by atoms with van der Waals surface area (Å²) < 4.78 is 14.2. The Hall–Kier alpha value is -0.910. The van der Waals surface area contributed by atoms with E-state index in [2.05, 4.69) is 16.2 Å². The minimum atomic E-state index is 0.268. The molecule has 4 rings (SSSR count). The maximum absolute atomic E-state index is 6.26. The third kappa shape index (κ3) is 3.00. The summed E-state index contributed by atoms with van der Waals surface area (Å²) in [5.41, 5.74) is 1.28. The molecule has 2 heterocycles. The molecule has 1 aromatic heterocycles. The van der Waals surface area contributed by atoms with Gasteiger partial charge in [0.15, 0.2) is 0 Å². The van der Waals surface area contributed by atoms with E-state index in [0.717, 1.165) is 38.6 Å². The zero-order chi connectivity index (χ0) is 14.2. The second-order valence-corrected chi connectivity index (χ2v) is 6.79. The smallest absolute Gasteiger partial charge is 0.0991 e. The molecule has 5 nitrogen and oxygen atoms in total. The molecule has 2 bridgehead atoms. The van der Waals surface area contributed by atoms with E-state index in [1.807, 2.05) is 17.9 Å². The first-order chi connectivity index (χ1) is 10.3. The van der Waals surface area contributed by atoms with Gasteiger partial charge in [-0.1, -0.05) is 0 Å². The molecule has 0 spiro atoms. The number of aromatic nitrogens is 2. The SMILES string of the molecule is Cn1cc(CN2CCO[C@H]3CC[C@H]2[C@@H]3OCC2CC2)cn1. The van der Waals surface area contributed by atoms with Gasteiger partial charge in [0.25, 0.3) is 0 Å². The number of fused-ring (bicyclic) bond motifs is 2. The largest absolute Gasteiger partial charge is 0.374 e. The molecule has 1 aromatic rings. The van der Waals surface area contributed by atoms with E-state index in [0.29, 0.717) is 12.1 Å². The van der Waals surface area contributed by atoms with Gasteiger partial charge >= 0.3 is 0 Å². The van der Waals surface area contributed by atoms with E-state index in [1.54, 1.807) is 0 Å². The van der Waals surface area contributed by atoms with Crippen LogP contribution in [0.15, 0.2) is 12.4 Å². The van der Waals surface area contributed by atoms with E-state index in [4.69, 9.17) is 9.47 Å². The fourth-order valence-electron chi connectivity index (χ4n) is 3.70. The van der Waals surface area contributed by atoms with Gasteiger partial charge in [0.05, 0.1) is 25.0 Å². The first-order valence-corrected chi connectivity index (χ1v) is 8.24. The molecule has 1 saturated heterocycles. The summed E-state index contributed by atoms with van der Waals surface area (Å²) in [6, 6.07) is 0.511. The van der Waals surface area contributed by atoms with Crippen LogP contribution >= 0.6 is 0 Å². The number of aryl methyl sites for hydroxylation is 1. The van der Waals surface area contributed by atoms with Gasteiger partial charge in [0, 0.05) is 44.5 Å². The normalized spacial score (nSPS) is 33.3. The van der Waals surface area contributed by atoms with Gasteiger partial charge < -0.3 is 9.47 Å². The van der Waals surface area contributed by atoms with Crippen LogP contribution in [0.2, 0.25) is 0 Å². The predicted octanol–water partition coefficient (Wildman–Crippen LogP) is 1.58. The third-order valence-corrected chi connectivity index (χ3v) is 5.04. The van der Waals surface area contributed by atoms with Crippen LogP contribution in [0.3, 0.4) is 0 Å². The molecule has 3 aliphatic rings. The van der Waals surface area contributed by atoms with Gasteiger partial charge in [-0.25, -0.2) is 0 Å². The molecule has 5 heteroatoms. The molecule has 0 radical (unpaired) electrons. The molecule has 116 valence electrons. The average molecular weight is 291 g/mol. The summed E-state index contributed by atoms with van der Waals surface area (Å²) in [6.45, 7) is 3.71. The summed E-state index contributed by atoms with van der Waals surface area (Å²) in [6.07, 6.45) is 9.70. The maximum atomic E-state index is 6.26. The highest BCUT2D eigenvalue weighted by atomic mass is 16.5. The van der Waals surface area contributed by atoms with Crippen LogP contribution in [0.1, 0.15) is 31.2 Å². The van der Waals surface area contributed by atoms with Crippen molar-refractivity contribution in [2.45, 2.75) is 50.5 Å². The average Bonchev–Trinajstić information content (AvgIpc) is 3.10. The van der Waals surface area contributed by atoms with Crippen LogP contribution in [0, 0.1) is 5.92 Å². The Bertz CT molecular complexity index is 486. The summed E-state index contributed by atoms with van der Waals surface area (Å²) in [7, 11) is 1.97. The van der Waals surface area contributed by atoms with Gasteiger partial charge in [-0.15, -0.1) is 0 Å². The maximum Gasteiger partial charge on any atom is 0.0991 e. The fourth-order valence-corrected chi connectivity index (χ4v) is 3.70. The number of hydrogen-bond donors (Lipinski definition) is 0. The van der Waals surface area contributed by atoms with Gasteiger partial charge in [0.1, 0.15) is 0 Å². The Morgan fingerprint density at radius 2 is 2.24 bits per heavy atom. The number of hydrogen-bond acceptors (Lipinski definition) is 4. The minimum absolute atomic E-state index is 0.268. The summed E-state index contributed by atoms with van der Waals surface area (Å²) >= 11 is 0. The van der Waals surface area contributed by atoms with Crippen molar-refractivity contribution < 1.29 is 9.47 Å². The Morgan fingerprint density at radius 1 is 1.33 bits per heavy atom. The minimum Gasteiger partial charge on any atom is -0.374 e. The highest BCUT2D eigenvalue weighted by Crippen LogP contribution is 2.35. The van der Waals surface area contributed by atoms with Crippen molar-refractivity contribution in [1.82, 2.24) is 14.7 Å². The third-order valence-electron chi connectivity index (χ3n) is 5.04. The second kappa shape index (κ2) is 5.71. The van der Waals surface area contributed by atoms with Gasteiger partial charge in [-0.2, -0.15) is 5.10 Å². The molecular formula is C16H25N3O2. The Labute approximate surface area is 126 Å². The number of nitrogens with zero attached hydrogens (tertiary/aromatic N) is 3. The molecule has 1 aliphatic heterocycles. The summed E-state index contributed by atoms with van der Waals surface area (Å²) in [4.78, 5) is 2.54. The lowest BCUT2D eigenvalue weighted by atomic mass is 10.1. The van der Waals surface area contributed by atoms with Crippen molar-refractivity contribution in [2.24, 2.45) is 13.0 Å². The molecule has 2 aliphatic carbocycles. The summed E-state index contributed by atoms with van der Waals surface area (Å²) in [5, 5.41) is 4.28. The lowest BCUT2D eigenvalue weighted by molar-refractivity contribution is -0.0572. The van der Waals surface area contributed by atoms with Crippen LogP contribution in [-0.2, 0) is 23.1 Å². The Balaban J connectivity index is 1.44. The highest BCUT2D eigenvalue weighted by molar-refractivity contribution is 5.06. The topological polar surface area (TPSA) is 39.5 Å². The lowest BCUT2D eigenvalue weighted by Crippen LogP contribution is -2.43. The van der Waals surface area contributed by atoms with Gasteiger partial charge in [-0.3, -0.25) is 9.58 Å². The van der Waals surface area contributed by atoms with E-state index >= 15 is 0 Å². The quantitative estimate of drug-likeness (QED) is 0.826. The van der Waals surface area contributed by atoms with Crippen molar-refractivity contribution >= 4 is 0 Å². The predicted molar refractivity (Wildman–Crippen MR) is 78.8 cm³/mol. The number of ether oxygens (including phenoxy) is 2. The van der Waals surface area contributed by atoms with Crippen LogP contribution in [0.5, 0.6) is 0 Å². The van der Waals surface area contributed by atoms with Crippen molar-refractivity contribution in [3.63, 3.8) is 0 Å². The first kappa shape index (κ1) is 13.7. The van der Waals surface area contributed by atoms with Crippen LogP contribution in [0.25, 0.3) is 0 Å². The van der Waals surface area contributed by atoms with Crippen molar-refractivity contribution in [1.29, 1.82) is 0 Å². The lowest BCUT2D eigenvalue weighted by Gasteiger charge is -2.30. The molecule has 3 atom stereocenters. The molecule has 0 unspecified atom stereocenters. The van der Waals surface area contributed by atoms with E-state index in [1.165, 1.54) is 24.8 Å². The van der Waals surface area contributed by atoms with Crippen molar-refractivity contribution in [3.8, 4) is 0 Å². The van der Waals surface area contributed by atoms with Gasteiger partial charge in [0.2, 0.25) is 0 Å². The fraction of sp³-hybridized carbons (Fsp3) is 0.812. The molecule has 3 fully saturated rings. The van der Waals surface area contributed by atoms with Crippen molar-refractivity contribution in [2.75, 3.05) is 19.8 Å². The first-order valence-electron chi connectivity index (χ1n) is 8.24. The van der Waals surface area contributed by atoms with Crippen LogP contribution < -0.4 is 0 Å². The number of rotatable bonds is 5. The molecule has 2 saturated carbocycles. The van der Waals surface area contributed by atoms with Crippen molar-refractivity contribution in [3.05, 3.63) is 18.0 Å². The van der Waals surface area contributed by atoms with E-state index < -0.39 is 0 Å². The van der Waals surface area contributed by atoms with E-state index in [9.17, 15) is 0 Å². The van der Waals surface area contributed by atoms with Crippen LogP contribution in [0.4, 0.5) is 0 Å². The highest BCUT2D eigenvalue weighted by Gasteiger charge is 2.43. The zero-order valence-electron chi connectivity index (χ0n) is 12.8. The molecule has 0 aromatic carbocycles. The van der Waals surface area contributed by atoms with E-state index in [-0.39, 0.29) is 6.10 Å². The Kier molecular flexibility index (Phi) is 3.73.